The number of nitrogens with one attached hydrogen (secondary N) is 2. The van der Waals surface area contributed by atoms with Crippen LogP contribution < -0.4 is 10.6 Å². The molecule has 104 valence electrons. The first-order valence-corrected chi connectivity index (χ1v) is 7.12. The van der Waals surface area contributed by atoms with Crippen LogP contribution in [0.5, 0.6) is 0 Å². The van der Waals surface area contributed by atoms with Gasteiger partial charge in [0.2, 0.25) is 5.91 Å². The molecule has 1 saturated carbocycles. The summed E-state index contributed by atoms with van der Waals surface area (Å²) in [4.78, 5) is 16.0. The van der Waals surface area contributed by atoms with Crippen LogP contribution in [0.25, 0.3) is 0 Å². The van der Waals surface area contributed by atoms with Gasteiger partial charge >= 0.3 is 0 Å². The van der Waals surface area contributed by atoms with Crippen LogP contribution in [0.4, 0.5) is 5.69 Å². The molecule has 4 nitrogen and oxygen atoms in total. The lowest BCUT2D eigenvalue weighted by Crippen LogP contribution is -2.47. The maximum Gasteiger partial charge on any atom is 0.226 e. The molecule has 19 heavy (non-hydrogen) atoms. The molecule has 1 aromatic rings. The number of carbonyl (C=O) groups is 1. The number of aromatic nitrogens is 1. The second-order valence-corrected chi connectivity index (χ2v) is 5.57. The van der Waals surface area contributed by atoms with E-state index < -0.39 is 0 Å². The van der Waals surface area contributed by atoms with Crippen LogP contribution >= 0.6 is 11.6 Å². The van der Waals surface area contributed by atoms with Gasteiger partial charge in [-0.25, -0.2) is 4.98 Å². The van der Waals surface area contributed by atoms with E-state index in [0.29, 0.717) is 17.3 Å². The zero-order valence-corrected chi connectivity index (χ0v) is 12.0. The zero-order chi connectivity index (χ0) is 13.7. The first-order chi connectivity index (χ1) is 9.13. The van der Waals surface area contributed by atoms with Gasteiger partial charge in [-0.15, -0.1) is 0 Å². The number of amides is 1. The van der Waals surface area contributed by atoms with Crippen molar-refractivity contribution in [3.8, 4) is 0 Å². The van der Waals surface area contributed by atoms with E-state index in [2.05, 4.69) is 15.6 Å². The van der Waals surface area contributed by atoms with Gasteiger partial charge in [-0.1, -0.05) is 30.9 Å². The average molecular weight is 282 g/mol. The third kappa shape index (κ3) is 3.91. The van der Waals surface area contributed by atoms with Gasteiger partial charge in [-0.2, -0.15) is 0 Å². The molecule has 2 rings (SSSR count). The number of anilines is 1. The van der Waals surface area contributed by atoms with Crippen molar-refractivity contribution in [1.29, 1.82) is 0 Å². The van der Waals surface area contributed by atoms with Gasteiger partial charge in [0.1, 0.15) is 5.15 Å². The molecule has 0 saturated heterocycles. The third-order valence-corrected chi connectivity index (χ3v) is 4.06. The molecular weight excluding hydrogens is 262 g/mol. The highest BCUT2D eigenvalue weighted by atomic mass is 35.5. The molecule has 1 amide bonds. The first kappa shape index (κ1) is 14.3. The predicted octanol–water partition coefficient (Wildman–Crippen LogP) is 2.99. The van der Waals surface area contributed by atoms with E-state index in [1.807, 2.05) is 7.05 Å². The standard InChI is InChI=1S/C14H20ClN3O/c1-16-14(6-3-2-4-7-14)10-13(19)18-11-5-8-17-12(15)9-11/h5,8-9,16H,2-4,6-7,10H2,1H3,(H,17,18,19). The summed E-state index contributed by atoms with van der Waals surface area (Å²) < 4.78 is 0. The summed E-state index contributed by atoms with van der Waals surface area (Å²) in [6.45, 7) is 0. The molecule has 0 bridgehead atoms. The fraction of sp³-hybridized carbons (Fsp3) is 0.571. The zero-order valence-electron chi connectivity index (χ0n) is 11.2. The normalized spacial score (nSPS) is 18.0. The molecule has 0 aromatic carbocycles. The van der Waals surface area contributed by atoms with Crippen LogP contribution in [0.3, 0.4) is 0 Å². The summed E-state index contributed by atoms with van der Waals surface area (Å²) in [5, 5.41) is 6.62. The van der Waals surface area contributed by atoms with Crippen LogP contribution in [-0.4, -0.2) is 23.5 Å². The van der Waals surface area contributed by atoms with E-state index in [1.54, 1.807) is 18.3 Å². The number of pyridine rings is 1. The molecule has 1 aliphatic carbocycles. The van der Waals surface area contributed by atoms with Gasteiger partial charge in [-0.3, -0.25) is 4.79 Å². The first-order valence-electron chi connectivity index (χ1n) is 6.74. The summed E-state index contributed by atoms with van der Waals surface area (Å²) in [5.74, 6) is 0.0264. The van der Waals surface area contributed by atoms with Crippen molar-refractivity contribution < 1.29 is 4.79 Å². The largest absolute Gasteiger partial charge is 0.326 e. The number of carbonyl (C=O) groups excluding carboxylic acids is 1. The Balaban J connectivity index is 1.96. The molecular formula is C14H20ClN3O. The van der Waals surface area contributed by atoms with Crippen molar-refractivity contribution in [1.82, 2.24) is 10.3 Å². The monoisotopic (exact) mass is 281 g/mol. The Kier molecular flexibility index (Phi) is 4.77. The molecule has 0 radical (unpaired) electrons. The Hall–Kier alpha value is -1.13. The summed E-state index contributed by atoms with van der Waals surface area (Å²) >= 11 is 5.80. The van der Waals surface area contributed by atoms with E-state index in [0.717, 1.165) is 12.8 Å². The molecule has 1 fully saturated rings. The minimum Gasteiger partial charge on any atom is -0.326 e. The maximum atomic E-state index is 12.1. The number of hydrogen-bond donors (Lipinski definition) is 2. The van der Waals surface area contributed by atoms with E-state index in [4.69, 9.17) is 11.6 Å². The van der Waals surface area contributed by atoms with Crippen molar-refractivity contribution in [2.45, 2.75) is 44.1 Å². The van der Waals surface area contributed by atoms with Crippen molar-refractivity contribution >= 4 is 23.2 Å². The van der Waals surface area contributed by atoms with Crippen LogP contribution in [0.1, 0.15) is 38.5 Å². The SMILES string of the molecule is CNC1(CC(=O)Nc2ccnc(Cl)c2)CCCCC1. The van der Waals surface area contributed by atoms with E-state index in [-0.39, 0.29) is 11.4 Å². The topological polar surface area (TPSA) is 54.0 Å². The maximum absolute atomic E-state index is 12.1. The van der Waals surface area contributed by atoms with Gasteiger partial charge in [0.05, 0.1) is 0 Å². The lowest BCUT2D eigenvalue weighted by atomic mass is 9.79. The lowest BCUT2D eigenvalue weighted by molar-refractivity contribution is -0.117. The van der Waals surface area contributed by atoms with Gasteiger partial charge < -0.3 is 10.6 Å². The summed E-state index contributed by atoms with van der Waals surface area (Å²) in [6.07, 6.45) is 7.87. The van der Waals surface area contributed by atoms with Crippen molar-refractivity contribution in [2.24, 2.45) is 0 Å². The minimum absolute atomic E-state index is 0.0264. The third-order valence-electron chi connectivity index (χ3n) is 3.85. The van der Waals surface area contributed by atoms with E-state index in [1.165, 1.54) is 19.3 Å². The smallest absolute Gasteiger partial charge is 0.226 e. The Labute approximate surface area is 118 Å². The van der Waals surface area contributed by atoms with Crippen LogP contribution in [0, 0.1) is 0 Å². The van der Waals surface area contributed by atoms with Crippen molar-refractivity contribution in [3.63, 3.8) is 0 Å². The molecule has 0 aliphatic heterocycles. The van der Waals surface area contributed by atoms with Crippen LogP contribution in [-0.2, 0) is 4.79 Å². The Bertz CT molecular complexity index is 444. The molecule has 0 atom stereocenters. The number of rotatable bonds is 4. The highest BCUT2D eigenvalue weighted by Gasteiger charge is 2.32. The molecule has 0 unspecified atom stereocenters. The summed E-state index contributed by atoms with van der Waals surface area (Å²) in [5.41, 5.74) is 0.658. The Morgan fingerprint density at radius 2 is 2.16 bits per heavy atom. The van der Waals surface area contributed by atoms with Crippen LogP contribution in [0.15, 0.2) is 18.3 Å². The van der Waals surface area contributed by atoms with Crippen LogP contribution in [0.2, 0.25) is 5.15 Å². The highest BCUT2D eigenvalue weighted by molar-refractivity contribution is 6.29. The Morgan fingerprint density at radius 3 is 2.79 bits per heavy atom. The fourth-order valence-electron chi connectivity index (χ4n) is 2.74. The molecule has 1 aliphatic rings. The fourth-order valence-corrected chi connectivity index (χ4v) is 2.91. The van der Waals surface area contributed by atoms with Gasteiger partial charge in [0, 0.05) is 23.8 Å². The second kappa shape index (κ2) is 6.35. The quantitative estimate of drug-likeness (QED) is 0.834. The lowest BCUT2D eigenvalue weighted by Gasteiger charge is -2.36. The van der Waals surface area contributed by atoms with Gasteiger partial charge in [0.15, 0.2) is 0 Å². The van der Waals surface area contributed by atoms with Crippen molar-refractivity contribution in [2.75, 3.05) is 12.4 Å². The predicted molar refractivity (Wildman–Crippen MR) is 77.4 cm³/mol. The number of nitrogens with zero attached hydrogens (tertiary/aromatic N) is 1. The van der Waals surface area contributed by atoms with Gasteiger partial charge in [-0.05, 0) is 32.0 Å². The van der Waals surface area contributed by atoms with Gasteiger partial charge in [0.25, 0.3) is 0 Å². The average Bonchev–Trinajstić information content (AvgIpc) is 2.39. The molecule has 0 spiro atoms. The molecule has 1 aromatic heterocycles. The second-order valence-electron chi connectivity index (χ2n) is 5.18. The highest BCUT2D eigenvalue weighted by Crippen LogP contribution is 2.31. The minimum atomic E-state index is -0.0425. The Morgan fingerprint density at radius 1 is 1.42 bits per heavy atom. The summed E-state index contributed by atoms with van der Waals surface area (Å²) in [7, 11) is 1.95. The number of hydrogen-bond acceptors (Lipinski definition) is 3. The molecule has 2 N–H and O–H groups in total. The molecule has 1 heterocycles. The van der Waals surface area contributed by atoms with E-state index in [9.17, 15) is 4.79 Å². The van der Waals surface area contributed by atoms with Crippen molar-refractivity contribution in [3.05, 3.63) is 23.5 Å². The number of halogens is 1. The molecule has 5 heteroatoms. The van der Waals surface area contributed by atoms with E-state index >= 15 is 0 Å². The summed E-state index contributed by atoms with van der Waals surface area (Å²) in [6, 6.07) is 3.41.